The molecule has 2 aliphatic rings. The van der Waals surface area contributed by atoms with Crippen molar-refractivity contribution in [1.29, 1.82) is 0 Å². The number of aliphatic hydroxyl groups excluding tert-OH is 1. The quantitative estimate of drug-likeness (QED) is 0.579. The number of carbonyl (C=O) groups excluding carboxylic acids is 1. The number of fused-ring (bicyclic) bond motifs is 2. The molecule has 0 unspecified atom stereocenters. The monoisotopic (exact) mass is 366 g/mol. The number of methoxy groups -OCH3 is 1. The van der Waals surface area contributed by atoms with Gasteiger partial charge in [0, 0.05) is 5.57 Å². The van der Waals surface area contributed by atoms with Gasteiger partial charge < -0.3 is 19.7 Å². The minimum Gasteiger partial charge on any atom is -0.466 e. The smallest absolute Gasteiger partial charge is 0.333 e. The van der Waals surface area contributed by atoms with Crippen molar-refractivity contribution < 1.29 is 24.5 Å². The van der Waals surface area contributed by atoms with Gasteiger partial charge in [-0.2, -0.15) is 0 Å². The molecule has 0 spiro atoms. The summed E-state index contributed by atoms with van der Waals surface area (Å²) in [5.74, 6) is -0.159. The highest BCUT2D eigenvalue weighted by Gasteiger charge is 2.50. The Labute approximate surface area is 157 Å². The Kier molecular flexibility index (Phi) is 6.36. The molecular weight excluding hydrogens is 332 g/mol. The van der Waals surface area contributed by atoms with Gasteiger partial charge in [0.25, 0.3) is 0 Å². The van der Waals surface area contributed by atoms with Crippen molar-refractivity contribution in [3.63, 3.8) is 0 Å². The van der Waals surface area contributed by atoms with E-state index in [1.807, 2.05) is 25.2 Å². The van der Waals surface area contributed by atoms with Crippen LogP contribution in [0, 0.1) is 5.92 Å². The SMILES string of the molecule is COC(=O)C1=CCC[C@](C)(O)C=C[C@@]2(C(C)C)CC[C@](C)(O2)[C@@H](O)CC1. The van der Waals surface area contributed by atoms with Crippen LogP contribution in [0.4, 0.5) is 0 Å². The van der Waals surface area contributed by atoms with E-state index in [4.69, 9.17) is 9.47 Å². The number of esters is 1. The maximum Gasteiger partial charge on any atom is 0.333 e. The summed E-state index contributed by atoms with van der Waals surface area (Å²) in [6.07, 6.45) is 8.39. The molecule has 4 atom stereocenters. The van der Waals surface area contributed by atoms with Crippen LogP contribution in [0.3, 0.4) is 0 Å². The number of allylic oxidation sites excluding steroid dienone is 1. The molecule has 148 valence electrons. The predicted molar refractivity (Wildman–Crippen MR) is 101 cm³/mol. The third kappa shape index (κ3) is 4.56. The van der Waals surface area contributed by atoms with Crippen molar-refractivity contribution in [2.75, 3.05) is 7.11 Å². The van der Waals surface area contributed by atoms with Gasteiger partial charge in [-0.05, 0) is 58.3 Å². The van der Waals surface area contributed by atoms with Gasteiger partial charge >= 0.3 is 5.97 Å². The average molecular weight is 366 g/mol. The highest BCUT2D eigenvalue weighted by Crippen LogP contribution is 2.46. The van der Waals surface area contributed by atoms with Crippen molar-refractivity contribution in [2.24, 2.45) is 5.92 Å². The molecule has 0 aliphatic carbocycles. The molecule has 0 saturated carbocycles. The summed E-state index contributed by atoms with van der Waals surface area (Å²) in [7, 11) is 1.36. The summed E-state index contributed by atoms with van der Waals surface area (Å²) in [6, 6.07) is 0. The zero-order chi connectivity index (χ0) is 19.6. The molecule has 0 aromatic carbocycles. The molecular formula is C21H34O5. The van der Waals surface area contributed by atoms with E-state index in [9.17, 15) is 15.0 Å². The molecule has 2 bridgehead atoms. The van der Waals surface area contributed by atoms with Gasteiger partial charge in [0.1, 0.15) is 0 Å². The third-order valence-electron chi connectivity index (χ3n) is 6.02. The number of hydrogen-bond donors (Lipinski definition) is 2. The molecule has 2 aliphatic heterocycles. The van der Waals surface area contributed by atoms with Gasteiger partial charge in [-0.25, -0.2) is 4.79 Å². The first kappa shape index (κ1) is 21.1. The van der Waals surface area contributed by atoms with Gasteiger partial charge in [-0.3, -0.25) is 0 Å². The Bertz CT molecular complexity index is 577. The highest BCUT2D eigenvalue weighted by atomic mass is 16.5. The second kappa shape index (κ2) is 7.83. The lowest BCUT2D eigenvalue weighted by Crippen LogP contribution is -2.44. The summed E-state index contributed by atoms with van der Waals surface area (Å²) >= 11 is 0. The van der Waals surface area contributed by atoms with Crippen LogP contribution in [0.5, 0.6) is 0 Å². The van der Waals surface area contributed by atoms with Gasteiger partial charge in [-0.15, -0.1) is 0 Å². The largest absolute Gasteiger partial charge is 0.466 e. The molecule has 1 saturated heterocycles. The van der Waals surface area contributed by atoms with Crippen molar-refractivity contribution in [3.8, 4) is 0 Å². The molecule has 0 aromatic heterocycles. The standard InChI is InChI=1S/C21H34O5/c1-15(2)21-13-11-19(3,24)10-6-7-16(18(23)25-5)8-9-17(22)20(4,26-21)12-14-21/h7,11,13,15,17,22,24H,6,8-10,12,14H2,1-5H3/t17-,19-,20-,21-/m0/s1. The van der Waals surface area contributed by atoms with E-state index in [0.717, 1.165) is 12.8 Å². The molecule has 2 rings (SSSR count). The number of carbonyl (C=O) groups is 1. The third-order valence-corrected chi connectivity index (χ3v) is 6.02. The highest BCUT2D eigenvalue weighted by molar-refractivity contribution is 5.88. The second-order valence-electron chi connectivity index (χ2n) is 8.53. The Balaban J connectivity index is 2.36. The molecule has 1 fully saturated rings. The van der Waals surface area contributed by atoms with Crippen molar-refractivity contribution in [2.45, 2.75) is 89.1 Å². The molecule has 0 aromatic rings. The first-order valence-electron chi connectivity index (χ1n) is 9.62. The van der Waals surface area contributed by atoms with Crippen LogP contribution < -0.4 is 0 Å². The normalized spacial score (nSPS) is 38.9. The van der Waals surface area contributed by atoms with E-state index >= 15 is 0 Å². The van der Waals surface area contributed by atoms with E-state index in [1.165, 1.54) is 7.11 Å². The molecule has 2 heterocycles. The lowest BCUT2D eigenvalue weighted by atomic mass is 9.83. The Hall–Kier alpha value is -1.17. The first-order valence-corrected chi connectivity index (χ1v) is 9.62. The molecule has 5 nitrogen and oxygen atoms in total. The van der Waals surface area contributed by atoms with Crippen LogP contribution >= 0.6 is 0 Å². The van der Waals surface area contributed by atoms with E-state index in [0.29, 0.717) is 31.3 Å². The lowest BCUT2D eigenvalue weighted by molar-refractivity contribution is -0.146. The Morgan fingerprint density at radius 2 is 1.96 bits per heavy atom. The molecule has 5 heteroatoms. The van der Waals surface area contributed by atoms with Crippen LogP contribution in [-0.4, -0.2) is 46.2 Å². The fourth-order valence-corrected chi connectivity index (χ4v) is 3.89. The van der Waals surface area contributed by atoms with E-state index < -0.39 is 22.9 Å². The summed E-state index contributed by atoms with van der Waals surface area (Å²) in [5.41, 5.74) is -1.61. The average Bonchev–Trinajstić information content (AvgIpc) is 2.94. The summed E-state index contributed by atoms with van der Waals surface area (Å²) < 4.78 is 11.3. The van der Waals surface area contributed by atoms with Crippen LogP contribution in [0.25, 0.3) is 0 Å². The maximum absolute atomic E-state index is 12.0. The number of rotatable bonds is 2. The minimum atomic E-state index is -0.991. The van der Waals surface area contributed by atoms with Crippen LogP contribution in [0.15, 0.2) is 23.8 Å². The summed E-state index contributed by atoms with van der Waals surface area (Å²) in [6.45, 7) is 7.92. The zero-order valence-corrected chi connectivity index (χ0v) is 16.7. The van der Waals surface area contributed by atoms with E-state index in [2.05, 4.69) is 13.8 Å². The maximum atomic E-state index is 12.0. The van der Waals surface area contributed by atoms with Crippen molar-refractivity contribution in [3.05, 3.63) is 23.8 Å². The number of aliphatic hydroxyl groups is 2. The molecule has 26 heavy (non-hydrogen) atoms. The molecule has 2 N–H and O–H groups in total. The van der Waals surface area contributed by atoms with E-state index in [-0.39, 0.29) is 11.9 Å². The number of ether oxygens (including phenoxy) is 2. The summed E-state index contributed by atoms with van der Waals surface area (Å²) in [4.78, 5) is 12.0. The fourth-order valence-electron chi connectivity index (χ4n) is 3.89. The van der Waals surface area contributed by atoms with Crippen molar-refractivity contribution in [1.82, 2.24) is 0 Å². The lowest BCUT2D eigenvalue weighted by Gasteiger charge is -2.37. The Morgan fingerprint density at radius 1 is 1.27 bits per heavy atom. The first-order chi connectivity index (χ1) is 12.0. The minimum absolute atomic E-state index is 0.220. The zero-order valence-electron chi connectivity index (χ0n) is 16.7. The van der Waals surface area contributed by atoms with Gasteiger partial charge in [0.15, 0.2) is 0 Å². The predicted octanol–water partition coefficient (Wildman–Crippen LogP) is 3.29. The fraction of sp³-hybridized carbons (Fsp3) is 0.762. The topological polar surface area (TPSA) is 76.0 Å². The second-order valence-corrected chi connectivity index (χ2v) is 8.53. The van der Waals surface area contributed by atoms with E-state index in [1.54, 1.807) is 6.92 Å². The Morgan fingerprint density at radius 3 is 2.58 bits per heavy atom. The summed E-state index contributed by atoms with van der Waals surface area (Å²) in [5, 5.41) is 21.5. The van der Waals surface area contributed by atoms with Crippen LogP contribution in [-0.2, 0) is 14.3 Å². The van der Waals surface area contributed by atoms with Gasteiger partial charge in [0.05, 0.1) is 30.0 Å². The van der Waals surface area contributed by atoms with Crippen LogP contribution in [0.2, 0.25) is 0 Å². The van der Waals surface area contributed by atoms with Crippen LogP contribution in [0.1, 0.15) is 66.2 Å². The van der Waals surface area contributed by atoms with Gasteiger partial charge in [-0.1, -0.05) is 32.1 Å². The van der Waals surface area contributed by atoms with Gasteiger partial charge in [0.2, 0.25) is 0 Å². The molecule has 0 radical (unpaired) electrons. The number of hydrogen-bond acceptors (Lipinski definition) is 5. The van der Waals surface area contributed by atoms with Crippen molar-refractivity contribution >= 4 is 5.97 Å². The molecule has 0 amide bonds.